The maximum Gasteiger partial charge on any atom is 0.238 e. The molecule has 3 rings (SSSR count). The Hall–Kier alpha value is -1.67. The minimum Gasteiger partial charge on any atom is -0.497 e. The second kappa shape index (κ2) is 9.43. The summed E-state index contributed by atoms with van der Waals surface area (Å²) in [5.41, 5.74) is 1.66. The number of nitrogens with zero attached hydrogens (tertiary/aromatic N) is 1. The summed E-state index contributed by atoms with van der Waals surface area (Å²) < 4.78 is 30.2. The number of methoxy groups -OCH3 is 1. The lowest BCUT2D eigenvalue weighted by molar-refractivity contribution is 0.413. The van der Waals surface area contributed by atoms with E-state index in [9.17, 15) is 8.42 Å². The highest BCUT2D eigenvalue weighted by Crippen LogP contribution is 2.35. The summed E-state index contributed by atoms with van der Waals surface area (Å²) in [7, 11) is -2.21. The van der Waals surface area contributed by atoms with Gasteiger partial charge in [0.15, 0.2) is 0 Å². The van der Waals surface area contributed by atoms with Crippen LogP contribution in [0.15, 0.2) is 41.3 Å². The van der Waals surface area contributed by atoms with Crippen molar-refractivity contribution in [3.8, 4) is 5.75 Å². The molecule has 0 bridgehead atoms. The smallest absolute Gasteiger partial charge is 0.238 e. The van der Waals surface area contributed by atoms with E-state index >= 15 is 0 Å². The molecular formula is C21H25ClN2O3S2. The van der Waals surface area contributed by atoms with Crippen LogP contribution in [-0.4, -0.2) is 20.5 Å². The number of primary sulfonamides is 1. The second-order valence-corrected chi connectivity index (χ2v) is 10.1. The first-order chi connectivity index (χ1) is 13.8. The number of aromatic nitrogens is 1. The van der Waals surface area contributed by atoms with Crippen LogP contribution in [-0.2, 0) is 16.4 Å². The molecule has 0 saturated carbocycles. The predicted molar refractivity (Wildman–Crippen MR) is 120 cm³/mol. The van der Waals surface area contributed by atoms with E-state index in [1.54, 1.807) is 30.6 Å². The zero-order valence-electron chi connectivity index (χ0n) is 16.5. The molecule has 0 spiro atoms. The van der Waals surface area contributed by atoms with Gasteiger partial charge in [-0.25, -0.2) is 18.5 Å². The zero-order valence-corrected chi connectivity index (χ0v) is 18.9. The van der Waals surface area contributed by atoms with Crippen molar-refractivity contribution in [2.45, 2.75) is 49.8 Å². The lowest BCUT2D eigenvalue weighted by atomic mass is 9.96. The number of benzene rings is 2. The van der Waals surface area contributed by atoms with Crippen molar-refractivity contribution in [3.63, 3.8) is 0 Å². The predicted octanol–water partition coefficient (Wildman–Crippen LogP) is 5.51. The van der Waals surface area contributed by atoms with Crippen LogP contribution in [0.4, 0.5) is 0 Å². The van der Waals surface area contributed by atoms with Gasteiger partial charge >= 0.3 is 0 Å². The molecule has 8 heteroatoms. The Morgan fingerprint density at radius 2 is 2.00 bits per heavy atom. The number of halogens is 1. The molecular weight excluding hydrogens is 428 g/mol. The molecule has 156 valence electrons. The fourth-order valence-electron chi connectivity index (χ4n) is 3.53. The van der Waals surface area contributed by atoms with Gasteiger partial charge in [0.1, 0.15) is 5.75 Å². The lowest BCUT2D eigenvalue weighted by Crippen LogP contribution is -2.14. The Bertz CT molecular complexity index is 1100. The minimum atomic E-state index is -3.77. The van der Waals surface area contributed by atoms with Crippen molar-refractivity contribution in [1.29, 1.82) is 0 Å². The molecule has 0 saturated heterocycles. The molecule has 0 aliphatic rings. The van der Waals surface area contributed by atoms with Crippen LogP contribution >= 0.6 is 22.9 Å². The van der Waals surface area contributed by atoms with Crippen LogP contribution in [0.2, 0.25) is 5.02 Å². The normalized spacial score (nSPS) is 13.0. The van der Waals surface area contributed by atoms with Crippen molar-refractivity contribution in [2.24, 2.45) is 5.14 Å². The molecule has 5 nitrogen and oxygen atoms in total. The van der Waals surface area contributed by atoms with E-state index < -0.39 is 10.0 Å². The third-order valence-corrected chi connectivity index (χ3v) is 7.35. The average Bonchev–Trinajstić information content (AvgIpc) is 3.09. The molecule has 0 radical (unpaired) electrons. The van der Waals surface area contributed by atoms with Crippen LogP contribution in [0, 0.1) is 0 Å². The Morgan fingerprint density at radius 3 is 2.69 bits per heavy atom. The van der Waals surface area contributed by atoms with Crippen molar-refractivity contribution < 1.29 is 13.2 Å². The summed E-state index contributed by atoms with van der Waals surface area (Å²) in [4.78, 5) is 4.97. The SMILES string of the molecule is CCCC(CCCc1cc(OC)ccc1S(N)(=O)=O)c1nc2ccc(Cl)cc2s1. The van der Waals surface area contributed by atoms with Gasteiger partial charge in [-0.2, -0.15) is 0 Å². The highest BCUT2D eigenvalue weighted by Gasteiger charge is 2.18. The monoisotopic (exact) mass is 452 g/mol. The van der Waals surface area contributed by atoms with Crippen LogP contribution in [0.25, 0.3) is 10.2 Å². The van der Waals surface area contributed by atoms with E-state index in [4.69, 9.17) is 26.5 Å². The summed E-state index contributed by atoms with van der Waals surface area (Å²) in [5, 5.41) is 7.22. The summed E-state index contributed by atoms with van der Waals surface area (Å²) in [6, 6.07) is 10.7. The highest BCUT2D eigenvalue weighted by molar-refractivity contribution is 7.89. The average molecular weight is 453 g/mol. The van der Waals surface area contributed by atoms with Crippen molar-refractivity contribution in [2.75, 3.05) is 7.11 Å². The van der Waals surface area contributed by atoms with E-state index in [2.05, 4.69) is 6.92 Å². The van der Waals surface area contributed by atoms with Gasteiger partial charge in [-0.05, 0) is 67.6 Å². The van der Waals surface area contributed by atoms with Crippen molar-refractivity contribution in [1.82, 2.24) is 4.98 Å². The quantitative estimate of drug-likeness (QED) is 0.463. The summed E-state index contributed by atoms with van der Waals surface area (Å²) in [5.74, 6) is 0.959. The van der Waals surface area contributed by atoms with Crippen LogP contribution < -0.4 is 9.88 Å². The standard InChI is InChI=1S/C21H25ClN2O3S2/c1-3-5-14(21-24-18-10-8-16(22)13-19(18)28-21)6-4-7-15-12-17(27-2)9-11-20(15)29(23,25)26/h8-14H,3-7H2,1-2H3,(H2,23,25,26). The number of rotatable bonds is 9. The third kappa shape index (κ3) is 5.48. The number of hydrogen-bond donors (Lipinski definition) is 1. The molecule has 1 heterocycles. The van der Waals surface area contributed by atoms with Gasteiger partial charge in [-0.3, -0.25) is 0 Å². The van der Waals surface area contributed by atoms with E-state index in [1.165, 1.54) is 6.07 Å². The van der Waals surface area contributed by atoms with Gasteiger partial charge in [0.2, 0.25) is 10.0 Å². The molecule has 2 aromatic carbocycles. The van der Waals surface area contributed by atoms with Crippen LogP contribution in [0.3, 0.4) is 0 Å². The Labute approximate surface area is 180 Å². The zero-order chi connectivity index (χ0) is 21.0. The Balaban J connectivity index is 1.77. The van der Waals surface area contributed by atoms with Gasteiger partial charge in [-0.1, -0.05) is 24.9 Å². The second-order valence-electron chi connectivity index (χ2n) is 7.06. The number of thiazole rings is 1. The maximum absolute atomic E-state index is 11.9. The molecule has 0 amide bonds. The Kier molecular flexibility index (Phi) is 7.16. The molecule has 0 aliphatic heterocycles. The summed E-state index contributed by atoms with van der Waals surface area (Å²) >= 11 is 7.79. The molecule has 29 heavy (non-hydrogen) atoms. The molecule has 0 fully saturated rings. The molecule has 1 aromatic heterocycles. The molecule has 1 unspecified atom stereocenters. The largest absolute Gasteiger partial charge is 0.497 e. The van der Waals surface area contributed by atoms with Crippen LogP contribution in [0.1, 0.15) is 49.1 Å². The highest BCUT2D eigenvalue weighted by atomic mass is 35.5. The number of nitrogens with two attached hydrogens (primary N) is 1. The summed E-state index contributed by atoms with van der Waals surface area (Å²) in [6.45, 7) is 2.17. The first-order valence-electron chi connectivity index (χ1n) is 9.57. The van der Waals surface area contributed by atoms with Gasteiger partial charge in [0.25, 0.3) is 0 Å². The van der Waals surface area contributed by atoms with E-state index in [0.717, 1.165) is 40.9 Å². The van der Waals surface area contributed by atoms with Crippen molar-refractivity contribution in [3.05, 3.63) is 52.0 Å². The maximum atomic E-state index is 11.9. The number of sulfonamides is 1. The van der Waals surface area contributed by atoms with Gasteiger partial charge in [-0.15, -0.1) is 11.3 Å². The fourth-order valence-corrected chi connectivity index (χ4v) is 5.72. The fraction of sp³-hybridized carbons (Fsp3) is 0.381. The number of hydrogen-bond acceptors (Lipinski definition) is 5. The van der Waals surface area contributed by atoms with E-state index in [-0.39, 0.29) is 4.90 Å². The number of ether oxygens (including phenoxy) is 1. The summed E-state index contributed by atoms with van der Waals surface area (Å²) in [6.07, 6.45) is 4.45. The molecule has 1 atom stereocenters. The molecule has 3 aromatic rings. The van der Waals surface area contributed by atoms with Gasteiger partial charge in [0, 0.05) is 10.9 Å². The van der Waals surface area contributed by atoms with E-state index in [1.807, 2.05) is 18.2 Å². The Morgan fingerprint density at radius 1 is 1.21 bits per heavy atom. The first kappa shape index (κ1) is 22.0. The van der Waals surface area contributed by atoms with Crippen molar-refractivity contribution >= 4 is 43.2 Å². The van der Waals surface area contributed by atoms with Gasteiger partial charge in [0.05, 0.1) is 27.2 Å². The first-order valence-corrected chi connectivity index (χ1v) is 12.3. The minimum absolute atomic E-state index is 0.167. The third-order valence-electron chi connectivity index (χ3n) is 4.93. The molecule has 2 N–H and O–H groups in total. The van der Waals surface area contributed by atoms with E-state index in [0.29, 0.717) is 28.7 Å². The topological polar surface area (TPSA) is 82.3 Å². The number of fused-ring (bicyclic) bond motifs is 1. The number of aryl methyl sites for hydroxylation is 1. The lowest BCUT2D eigenvalue weighted by Gasteiger charge is -2.14. The van der Waals surface area contributed by atoms with Crippen LogP contribution in [0.5, 0.6) is 5.75 Å². The van der Waals surface area contributed by atoms with Gasteiger partial charge < -0.3 is 4.74 Å². The molecule has 0 aliphatic carbocycles.